The van der Waals surface area contributed by atoms with Gasteiger partial charge in [-0.2, -0.15) is 5.10 Å². The van der Waals surface area contributed by atoms with Gasteiger partial charge >= 0.3 is 0 Å². The van der Waals surface area contributed by atoms with Crippen LogP contribution in [0.1, 0.15) is 5.69 Å². The molecule has 0 aliphatic heterocycles. The van der Waals surface area contributed by atoms with E-state index in [9.17, 15) is 0 Å². The van der Waals surface area contributed by atoms with Crippen molar-refractivity contribution in [1.29, 1.82) is 0 Å². The molecule has 0 aliphatic carbocycles. The van der Waals surface area contributed by atoms with Crippen molar-refractivity contribution in [2.45, 2.75) is 6.61 Å². The van der Waals surface area contributed by atoms with Crippen LogP contribution >= 0.6 is 0 Å². The summed E-state index contributed by atoms with van der Waals surface area (Å²) in [5.74, 6) is 0. The Hall–Kier alpha value is -1.35. The maximum absolute atomic E-state index is 4.99. The summed E-state index contributed by atoms with van der Waals surface area (Å²) in [6, 6.07) is 8.88. The first-order valence-corrected chi connectivity index (χ1v) is 3.74. The van der Waals surface area contributed by atoms with Crippen LogP contribution in [0.25, 0.3) is 10.9 Å². The topological polar surface area (TPSA) is 37.9 Å². The van der Waals surface area contributed by atoms with Crippen LogP contribution in [-0.4, -0.2) is 17.3 Å². The lowest BCUT2D eigenvalue weighted by Crippen LogP contribution is -1.87. The molecule has 0 aliphatic rings. The lowest BCUT2D eigenvalue weighted by Gasteiger charge is -1.92. The normalized spacial score (nSPS) is 10.8. The molecule has 3 heteroatoms. The number of ether oxygens (including phenoxy) is 1. The number of fused-ring (bicyclic) bond motifs is 1. The predicted octanol–water partition coefficient (Wildman–Crippen LogP) is 1.51. The summed E-state index contributed by atoms with van der Waals surface area (Å²) < 4.78 is 4.99. The Morgan fingerprint density at radius 3 is 3.42 bits per heavy atom. The van der Waals surface area contributed by atoms with Crippen molar-refractivity contribution in [3.05, 3.63) is 30.0 Å². The summed E-state index contributed by atoms with van der Waals surface area (Å²) in [5, 5.41) is 8.03. The van der Waals surface area contributed by atoms with Crippen LogP contribution in [0.5, 0.6) is 0 Å². The summed E-state index contributed by atoms with van der Waals surface area (Å²) in [7, 11) is 1.66. The van der Waals surface area contributed by atoms with E-state index in [-0.39, 0.29) is 0 Å². The van der Waals surface area contributed by atoms with Crippen molar-refractivity contribution in [3.8, 4) is 0 Å². The zero-order valence-corrected chi connectivity index (χ0v) is 6.79. The maximum Gasteiger partial charge on any atom is 0.0963 e. The highest BCUT2D eigenvalue weighted by molar-refractivity contribution is 5.80. The average molecular weight is 161 g/mol. The van der Waals surface area contributed by atoms with Gasteiger partial charge in [0.1, 0.15) is 0 Å². The van der Waals surface area contributed by atoms with E-state index in [4.69, 9.17) is 4.74 Å². The monoisotopic (exact) mass is 161 g/mol. The van der Waals surface area contributed by atoms with E-state index >= 15 is 0 Å². The van der Waals surface area contributed by atoms with Crippen LogP contribution in [0.15, 0.2) is 18.2 Å². The molecular weight excluding hydrogens is 152 g/mol. The second kappa shape index (κ2) is 2.95. The van der Waals surface area contributed by atoms with Crippen molar-refractivity contribution in [2.75, 3.05) is 7.11 Å². The van der Waals surface area contributed by atoms with Gasteiger partial charge in [0.15, 0.2) is 0 Å². The number of hydrogen-bond donors (Lipinski definition) is 1. The summed E-state index contributed by atoms with van der Waals surface area (Å²) >= 11 is 0. The number of aromatic amines is 1. The molecular formula is C9H9N2O. The van der Waals surface area contributed by atoms with E-state index in [0.717, 1.165) is 16.6 Å². The molecule has 0 fully saturated rings. The molecule has 3 nitrogen and oxygen atoms in total. The Kier molecular flexibility index (Phi) is 1.80. The number of nitrogens with zero attached hydrogens (tertiary/aromatic N) is 1. The minimum absolute atomic E-state index is 0.528. The third kappa shape index (κ3) is 1.08. The third-order valence-electron chi connectivity index (χ3n) is 1.74. The molecule has 0 spiro atoms. The largest absolute Gasteiger partial charge is 0.378 e. The highest BCUT2D eigenvalue weighted by Gasteiger charge is 2.02. The van der Waals surface area contributed by atoms with Gasteiger partial charge in [0, 0.05) is 12.5 Å². The van der Waals surface area contributed by atoms with Crippen molar-refractivity contribution >= 4 is 10.9 Å². The molecule has 2 rings (SSSR count). The fourth-order valence-corrected chi connectivity index (χ4v) is 1.19. The fourth-order valence-electron chi connectivity index (χ4n) is 1.19. The highest BCUT2D eigenvalue weighted by atomic mass is 16.5. The molecule has 1 N–H and O–H groups in total. The molecule has 1 aromatic heterocycles. The van der Waals surface area contributed by atoms with Gasteiger partial charge in [-0.3, -0.25) is 5.10 Å². The molecule has 12 heavy (non-hydrogen) atoms. The number of methoxy groups -OCH3 is 1. The molecule has 1 radical (unpaired) electrons. The number of hydrogen-bond acceptors (Lipinski definition) is 2. The highest BCUT2D eigenvalue weighted by Crippen LogP contribution is 2.14. The first kappa shape index (κ1) is 7.31. The Bertz CT molecular complexity index is 381. The smallest absolute Gasteiger partial charge is 0.0963 e. The van der Waals surface area contributed by atoms with E-state index < -0.39 is 0 Å². The number of benzene rings is 1. The van der Waals surface area contributed by atoms with Crippen LogP contribution < -0.4 is 0 Å². The third-order valence-corrected chi connectivity index (χ3v) is 1.74. The number of H-pyrrole nitrogens is 1. The van der Waals surface area contributed by atoms with Gasteiger partial charge in [-0.1, -0.05) is 12.1 Å². The minimum Gasteiger partial charge on any atom is -0.378 e. The first-order valence-electron chi connectivity index (χ1n) is 3.74. The van der Waals surface area contributed by atoms with Gasteiger partial charge in [0.2, 0.25) is 0 Å². The second-order valence-corrected chi connectivity index (χ2v) is 2.56. The molecule has 0 amide bonds. The molecule has 1 aromatic carbocycles. The van der Waals surface area contributed by atoms with Crippen LogP contribution in [0, 0.1) is 6.07 Å². The van der Waals surface area contributed by atoms with Crippen LogP contribution in [-0.2, 0) is 11.3 Å². The van der Waals surface area contributed by atoms with Crippen molar-refractivity contribution in [3.63, 3.8) is 0 Å². The van der Waals surface area contributed by atoms with Gasteiger partial charge in [0.25, 0.3) is 0 Å². The van der Waals surface area contributed by atoms with Crippen LogP contribution in [0.4, 0.5) is 0 Å². The Morgan fingerprint density at radius 2 is 2.58 bits per heavy atom. The molecule has 0 unspecified atom stereocenters. The molecule has 0 bridgehead atoms. The summed E-state index contributed by atoms with van der Waals surface area (Å²) in [4.78, 5) is 0. The Labute approximate surface area is 70.4 Å². The number of nitrogens with one attached hydrogen (secondary N) is 1. The summed E-state index contributed by atoms with van der Waals surface area (Å²) in [6.45, 7) is 0.528. The molecule has 1 heterocycles. The van der Waals surface area contributed by atoms with Gasteiger partial charge in [-0.15, -0.1) is 0 Å². The lowest BCUT2D eigenvalue weighted by atomic mass is 10.2. The average Bonchev–Trinajstić information content (AvgIpc) is 2.50. The van der Waals surface area contributed by atoms with E-state index in [2.05, 4.69) is 16.3 Å². The van der Waals surface area contributed by atoms with Gasteiger partial charge in [-0.05, 0) is 12.1 Å². The zero-order valence-electron chi connectivity index (χ0n) is 6.79. The van der Waals surface area contributed by atoms with Crippen LogP contribution in [0.3, 0.4) is 0 Å². The second-order valence-electron chi connectivity index (χ2n) is 2.56. The van der Waals surface area contributed by atoms with E-state index in [1.165, 1.54) is 0 Å². The molecule has 0 atom stereocenters. The lowest BCUT2D eigenvalue weighted by molar-refractivity contribution is 0.182. The SMILES string of the molecule is COCc1n[nH]c2ccc[c]c12. The minimum atomic E-state index is 0.528. The van der Waals surface area contributed by atoms with Gasteiger partial charge in [0.05, 0.1) is 17.8 Å². The molecule has 0 saturated carbocycles. The summed E-state index contributed by atoms with van der Waals surface area (Å²) in [6.07, 6.45) is 0. The Morgan fingerprint density at radius 1 is 1.67 bits per heavy atom. The Balaban J connectivity index is 2.55. The van der Waals surface area contributed by atoms with E-state index in [1.807, 2.05) is 18.2 Å². The van der Waals surface area contributed by atoms with Gasteiger partial charge < -0.3 is 4.74 Å². The van der Waals surface area contributed by atoms with Crippen molar-refractivity contribution < 1.29 is 4.74 Å². The first-order chi connectivity index (χ1) is 5.92. The molecule has 2 aromatic rings. The fraction of sp³-hybridized carbons (Fsp3) is 0.222. The summed E-state index contributed by atoms with van der Waals surface area (Å²) in [5.41, 5.74) is 1.91. The maximum atomic E-state index is 4.99. The molecule has 0 saturated heterocycles. The van der Waals surface area contributed by atoms with Crippen LogP contribution in [0.2, 0.25) is 0 Å². The number of aromatic nitrogens is 2. The van der Waals surface area contributed by atoms with Crippen molar-refractivity contribution in [2.24, 2.45) is 0 Å². The quantitative estimate of drug-likeness (QED) is 0.725. The number of rotatable bonds is 2. The van der Waals surface area contributed by atoms with Crippen molar-refractivity contribution in [1.82, 2.24) is 10.2 Å². The molecule has 61 valence electrons. The van der Waals surface area contributed by atoms with E-state index in [0.29, 0.717) is 6.61 Å². The zero-order chi connectivity index (χ0) is 8.39. The van der Waals surface area contributed by atoms with E-state index in [1.54, 1.807) is 7.11 Å². The standard InChI is InChI=1S/C9H9N2O/c1-12-6-9-7-4-2-3-5-8(7)10-11-9/h2-3,5H,6H2,1H3,(H,10,11). The predicted molar refractivity (Wildman–Crippen MR) is 45.6 cm³/mol. The van der Waals surface area contributed by atoms with Gasteiger partial charge in [-0.25, -0.2) is 0 Å².